The van der Waals surface area contributed by atoms with Gasteiger partial charge in [-0.1, -0.05) is 127 Å². The lowest BCUT2D eigenvalue weighted by molar-refractivity contribution is -0.154. The molecular formula is C43H42N2O8. The zero-order valence-electron chi connectivity index (χ0n) is 29.2. The topological polar surface area (TPSA) is 140 Å². The molecule has 53 heavy (non-hydrogen) atoms. The number of carbonyl (C=O) groups is 4. The number of carbonyl (C=O) groups excluding carboxylic acids is 3. The van der Waals surface area contributed by atoms with Crippen molar-refractivity contribution in [2.24, 2.45) is 0 Å². The number of carboxylic acids is 1. The van der Waals surface area contributed by atoms with Crippen LogP contribution in [0, 0.1) is 0 Å². The van der Waals surface area contributed by atoms with Gasteiger partial charge in [-0.05, 0) is 51.1 Å². The second-order valence-electron chi connectivity index (χ2n) is 12.4. The standard InChI is InChI=1S/C43H42N2O8/c46-40(51-28-31-12-4-1-5-13-31)24-38(42(48)49)44-26-34-18-10-20-36(22-34)37-21-11-19-35(23-37)27-45-39(43(50)53-30-33-16-8-3-9-17-33)25-41(47)52-29-32-14-6-2-7-15-32/h1-23,38-39,44-45H,24-30H2,(H,48,49)/t38-,39-/m0/s1. The molecule has 0 spiro atoms. The van der Waals surface area contributed by atoms with Gasteiger partial charge in [0.25, 0.3) is 0 Å². The summed E-state index contributed by atoms with van der Waals surface area (Å²) in [6.07, 6.45) is -0.528. The number of rotatable bonds is 19. The zero-order chi connectivity index (χ0) is 37.3. The van der Waals surface area contributed by atoms with E-state index in [4.69, 9.17) is 14.2 Å². The van der Waals surface area contributed by atoms with Crippen LogP contribution in [0.1, 0.15) is 40.7 Å². The summed E-state index contributed by atoms with van der Waals surface area (Å²) in [5.41, 5.74) is 5.97. The monoisotopic (exact) mass is 714 g/mol. The van der Waals surface area contributed by atoms with Crippen molar-refractivity contribution in [2.45, 2.75) is 57.8 Å². The summed E-state index contributed by atoms with van der Waals surface area (Å²) in [5.74, 6) is -2.85. The Morgan fingerprint density at radius 3 is 1.28 bits per heavy atom. The Morgan fingerprint density at radius 1 is 0.472 bits per heavy atom. The molecule has 3 N–H and O–H groups in total. The fourth-order valence-corrected chi connectivity index (χ4v) is 5.45. The van der Waals surface area contributed by atoms with Gasteiger partial charge >= 0.3 is 23.9 Å². The van der Waals surface area contributed by atoms with E-state index in [1.165, 1.54) is 0 Å². The van der Waals surface area contributed by atoms with Crippen LogP contribution in [-0.4, -0.2) is 41.1 Å². The average molecular weight is 715 g/mol. The first-order chi connectivity index (χ1) is 25.8. The molecule has 5 aromatic rings. The summed E-state index contributed by atoms with van der Waals surface area (Å²) in [7, 11) is 0. The van der Waals surface area contributed by atoms with Crippen molar-refractivity contribution in [1.29, 1.82) is 0 Å². The first kappa shape index (κ1) is 38.1. The highest BCUT2D eigenvalue weighted by Gasteiger charge is 2.25. The van der Waals surface area contributed by atoms with E-state index >= 15 is 0 Å². The highest BCUT2D eigenvalue weighted by molar-refractivity contribution is 5.83. The van der Waals surface area contributed by atoms with Crippen molar-refractivity contribution < 1.29 is 38.5 Å². The minimum atomic E-state index is -1.15. The Hall–Kier alpha value is -6.10. The van der Waals surface area contributed by atoms with Crippen LogP contribution < -0.4 is 10.6 Å². The van der Waals surface area contributed by atoms with Crippen LogP contribution in [0.25, 0.3) is 11.1 Å². The lowest BCUT2D eigenvalue weighted by atomic mass is 10.0. The molecule has 0 aromatic heterocycles. The quantitative estimate of drug-likeness (QED) is 0.0654. The number of hydrogen-bond donors (Lipinski definition) is 3. The summed E-state index contributed by atoms with van der Waals surface area (Å²) in [6, 6.07) is 41.1. The summed E-state index contributed by atoms with van der Waals surface area (Å²) in [4.78, 5) is 50.4. The smallest absolute Gasteiger partial charge is 0.324 e. The molecule has 0 unspecified atom stereocenters. The van der Waals surface area contributed by atoms with Gasteiger partial charge < -0.3 is 19.3 Å². The predicted molar refractivity (Wildman–Crippen MR) is 199 cm³/mol. The number of esters is 3. The Balaban J connectivity index is 1.18. The van der Waals surface area contributed by atoms with E-state index in [0.29, 0.717) is 0 Å². The van der Waals surface area contributed by atoms with Crippen LogP contribution in [0.5, 0.6) is 0 Å². The number of benzene rings is 5. The maximum Gasteiger partial charge on any atom is 0.324 e. The fraction of sp³-hybridized carbons (Fsp3) is 0.209. The third-order valence-corrected chi connectivity index (χ3v) is 8.33. The van der Waals surface area contributed by atoms with Gasteiger partial charge in [0.15, 0.2) is 0 Å². The van der Waals surface area contributed by atoms with E-state index in [1.807, 2.05) is 140 Å². The van der Waals surface area contributed by atoms with Crippen LogP contribution in [-0.2, 0) is 66.3 Å². The second-order valence-corrected chi connectivity index (χ2v) is 12.4. The maximum absolute atomic E-state index is 13.2. The van der Waals surface area contributed by atoms with E-state index in [2.05, 4.69) is 10.6 Å². The molecule has 0 aliphatic rings. The summed E-state index contributed by atoms with van der Waals surface area (Å²) < 4.78 is 16.3. The predicted octanol–water partition coefficient (Wildman–Crippen LogP) is 6.37. The van der Waals surface area contributed by atoms with E-state index in [0.717, 1.165) is 38.9 Å². The van der Waals surface area contributed by atoms with Crippen molar-refractivity contribution in [3.05, 3.63) is 167 Å². The minimum absolute atomic E-state index is 0.0724. The van der Waals surface area contributed by atoms with Gasteiger partial charge in [0.1, 0.15) is 31.9 Å². The average Bonchev–Trinajstić information content (AvgIpc) is 3.19. The molecule has 0 aliphatic heterocycles. The van der Waals surface area contributed by atoms with Crippen molar-refractivity contribution in [2.75, 3.05) is 0 Å². The molecule has 0 saturated heterocycles. The molecule has 5 aromatic carbocycles. The normalized spacial score (nSPS) is 11.9. The first-order valence-electron chi connectivity index (χ1n) is 17.3. The third-order valence-electron chi connectivity index (χ3n) is 8.33. The SMILES string of the molecule is O=C(C[C@H](NCc1cccc(-c2cccc(CN[C@@H](CC(=O)OCc3ccccc3)C(=O)OCc3ccccc3)c2)c1)C(=O)O)OCc1ccccc1. The van der Waals surface area contributed by atoms with Gasteiger partial charge in [0, 0.05) is 13.1 Å². The van der Waals surface area contributed by atoms with Gasteiger partial charge in [-0.15, -0.1) is 0 Å². The molecule has 0 bridgehead atoms. The Bertz CT molecular complexity index is 1940. The Labute approximate surface area is 308 Å². The Morgan fingerprint density at radius 2 is 0.849 bits per heavy atom. The lowest BCUT2D eigenvalue weighted by Gasteiger charge is -2.18. The summed E-state index contributed by atoms with van der Waals surface area (Å²) >= 11 is 0. The van der Waals surface area contributed by atoms with E-state index in [9.17, 15) is 24.3 Å². The molecule has 0 aliphatic carbocycles. The van der Waals surface area contributed by atoms with Crippen molar-refractivity contribution in [1.82, 2.24) is 10.6 Å². The first-order valence-corrected chi connectivity index (χ1v) is 17.3. The molecule has 0 saturated carbocycles. The van der Waals surface area contributed by atoms with Gasteiger partial charge in [0.05, 0.1) is 12.8 Å². The zero-order valence-corrected chi connectivity index (χ0v) is 29.2. The van der Waals surface area contributed by atoms with Crippen molar-refractivity contribution in [3.8, 4) is 11.1 Å². The highest BCUT2D eigenvalue weighted by atomic mass is 16.5. The number of nitrogens with one attached hydrogen (secondary N) is 2. The summed E-state index contributed by atoms with van der Waals surface area (Å²) in [5, 5.41) is 15.9. The molecule has 272 valence electrons. The van der Waals surface area contributed by atoms with Gasteiger partial charge in [-0.25, -0.2) is 0 Å². The third kappa shape index (κ3) is 12.9. The molecule has 5 rings (SSSR count). The number of ether oxygens (including phenoxy) is 3. The molecule has 2 atom stereocenters. The molecule has 10 nitrogen and oxygen atoms in total. The van der Waals surface area contributed by atoms with Crippen LogP contribution in [0.4, 0.5) is 0 Å². The molecular weight excluding hydrogens is 672 g/mol. The molecule has 10 heteroatoms. The molecule has 0 radical (unpaired) electrons. The minimum Gasteiger partial charge on any atom is -0.480 e. The Kier molecular flexibility index (Phi) is 14.4. The molecule has 0 amide bonds. The van der Waals surface area contributed by atoms with Crippen molar-refractivity contribution >= 4 is 23.9 Å². The highest BCUT2D eigenvalue weighted by Crippen LogP contribution is 2.22. The molecule has 0 fully saturated rings. The van der Waals surface area contributed by atoms with E-state index in [1.54, 1.807) is 0 Å². The van der Waals surface area contributed by atoms with Crippen LogP contribution in [0.15, 0.2) is 140 Å². The van der Waals surface area contributed by atoms with Gasteiger partial charge in [0.2, 0.25) is 0 Å². The largest absolute Gasteiger partial charge is 0.480 e. The van der Waals surface area contributed by atoms with Gasteiger partial charge in [-0.3, -0.25) is 29.8 Å². The second kappa shape index (κ2) is 20.1. The number of hydrogen-bond acceptors (Lipinski definition) is 9. The number of carboxylic acid groups (broad SMARTS) is 1. The van der Waals surface area contributed by atoms with Crippen molar-refractivity contribution in [3.63, 3.8) is 0 Å². The van der Waals surface area contributed by atoms with E-state index < -0.39 is 36.0 Å². The van der Waals surface area contributed by atoms with Crippen LogP contribution in [0.3, 0.4) is 0 Å². The number of aliphatic carboxylic acids is 1. The fourth-order valence-electron chi connectivity index (χ4n) is 5.45. The lowest BCUT2D eigenvalue weighted by Crippen LogP contribution is -2.39. The summed E-state index contributed by atoms with van der Waals surface area (Å²) in [6.45, 7) is 0.727. The van der Waals surface area contributed by atoms with Crippen LogP contribution in [0.2, 0.25) is 0 Å². The molecule has 0 heterocycles. The van der Waals surface area contributed by atoms with E-state index in [-0.39, 0.29) is 45.8 Å². The van der Waals surface area contributed by atoms with Crippen LogP contribution >= 0.6 is 0 Å². The maximum atomic E-state index is 13.2. The van der Waals surface area contributed by atoms with Gasteiger partial charge in [-0.2, -0.15) is 0 Å².